The molecule has 3 N–H and O–H groups in total. The molecule has 0 aliphatic rings. The van der Waals surface area contributed by atoms with Crippen molar-refractivity contribution in [3.05, 3.63) is 23.8 Å². The molecule has 0 saturated carbocycles. The van der Waals surface area contributed by atoms with Gasteiger partial charge in [-0.1, -0.05) is 6.07 Å². The summed E-state index contributed by atoms with van der Waals surface area (Å²) < 4.78 is 25.6. The van der Waals surface area contributed by atoms with Crippen LogP contribution < -0.4 is 10.0 Å². The Balaban J connectivity index is 2.87. The van der Waals surface area contributed by atoms with Gasteiger partial charge in [0.15, 0.2) is 0 Å². The van der Waals surface area contributed by atoms with Crippen molar-refractivity contribution in [2.24, 2.45) is 0 Å². The Morgan fingerprint density at radius 3 is 2.50 bits per heavy atom. The van der Waals surface area contributed by atoms with Gasteiger partial charge in [0.1, 0.15) is 0 Å². The summed E-state index contributed by atoms with van der Waals surface area (Å²) in [5.74, 6) is -1.96. The Morgan fingerprint density at radius 2 is 1.95 bits per heavy atom. The average Bonchev–Trinajstić information content (AvgIpc) is 2.30. The molecule has 7 nitrogen and oxygen atoms in total. The fraction of sp³-hybridized carbons (Fsp3) is 0.333. The van der Waals surface area contributed by atoms with E-state index in [0.717, 1.165) is 5.56 Å². The van der Waals surface area contributed by atoms with Crippen molar-refractivity contribution in [1.82, 2.24) is 0 Å². The predicted molar refractivity (Wildman–Crippen MR) is 75.1 cm³/mol. The van der Waals surface area contributed by atoms with E-state index in [4.69, 9.17) is 5.11 Å². The molecule has 0 saturated heterocycles. The average molecular weight is 300 g/mol. The molecule has 0 fully saturated rings. The molecule has 0 aliphatic carbocycles. The molecule has 0 aromatic heterocycles. The third-order valence-corrected chi connectivity index (χ3v) is 3.69. The lowest BCUT2D eigenvalue weighted by molar-refractivity contribution is -0.136. The number of carbonyl (C=O) groups is 2. The van der Waals surface area contributed by atoms with Gasteiger partial charge in [0, 0.05) is 12.6 Å². The second kappa shape index (κ2) is 6.38. The van der Waals surface area contributed by atoms with Crippen LogP contribution in [-0.2, 0) is 19.6 Å². The van der Waals surface area contributed by atoms with Crippen LogP contribution in [0.3, 0.4) is 0 Å². The van der Waals surface area contributed by atoms with Crippen LogP contribution in [-0.4, -0.2) is 31.2 Å². The van der Waals surface area contributed by atoms with E-state index in [1.54, 1.807) is 19.1 Å². The number of benzene rings is 1. The van der Waals surface area contributed by atoms with E-state index < -0.39 is 28.2 Å². The fourth-order valence-electron chi connectivity index (χ4n) is 1.46. The Kier molecular flexibility index (Phi) is 5.09. The first-order valence-corrected chi connectivity index (χ1v) is 7.45. The van der Waals surface area contributed by atoms with Gasteiger partial charge in [-0.2, -0.15) is 0 Å². The molecule has 0 spiro atoms. The topological polar surface area (TPSA) is 113 Å². The molecule has 0 radical (unpaired) electrons. The van der Waals surface area contributed by atoms with Crippen molar-refractivity contribution >= 4 is 33.3 Å². The van der Waals surface area contributed by atoms with E-state index in [1.807, 2.05) is 0 Å². The number of carbonyl (C=O) groups excluding carboxylic acids is 1. The number of hydrogen-bond acceptors (Lipinski definition) is 4. The van der Waals surface area contributed by atoms with Crippen LogP contribution in [0, 0.1) is 6.92 Å². The van der Waals surface area contributed by atoms with Crippen LogP contribution in [0.1, 0.15) is 18.9 Å². The van der Waals surface area contributed by atoms with E-state index in [-0.39, 0.29) is 11.6 Å². The second-order valence-corrected chi connectivity index (χ2v) is 6.12. The molecule has 0 aliphatic heterocycles. The molecule has 0 heterocycles. The molecule has 110 valence electrons. The maximum absolute atomic E-state index is 11.7. The van der Waals surface area contributed by atoms with Gasteiger partial charge in [-0.3, -0.25) is 14.3 Å². The number of aryl methyl sites for hydroxylation is 1. The van der Waals surface area contributed by atoms with Crippen molar-refractivity contribution in [1.29, 1.82) is 0 Å². The zero-order valence-electron chi connectivity index (χ0n) is 11.1. The van der Waals surface area contributed by atoms with Gasteiger partial charge in [-0.25, -0.2) is 8.42 Å². The number of amides is 1. The van der Waals surface area contributed by atoms with Crippen molar-refractivity contribution in [3.63, 3.8) is 0 Å². The monoisotopic (exact) mass is 300 g/mol. The largest absolute Gasteiger partial charge is 0.481 e. The van der Waals surface area contributed by atoms with Crippen molar-refractivity contribution in [3.8, 4) is 0 Å². The first-order valence-electron chi connectivity index (χ1n) is 5.80. The summed E-state index contributed by atoms with van der Waals surface area (Å²) >= 11 is 0. The molecule has 0 bridgehead atoms. The number of carboxylic acids is 1. The number of carboxylic acid groups (broad SMARTS) is 1. The minimum atomic E-state index is -3.73. The second-order valence-electron chi connectivity index (χ2n) is 4.28. The van der Waals surface area contributed by atoms with Crippen molar-refractivity contribution in [2.45, 2.75) is 20.3 Å². The molecule has 1 amide bonds. The zero-order chi connectivity index (χ0) is 15.3. The molecule has 0 atom stereocenters. The van der Waals surface area contributed by atoms with E-state index in [1.165, 1.54) is 13.0 Å². The van der Waals surface area contributed by atoms with Gasteiger partial charge in [0.2, 0.25) is 15.9 Å². The standard InChI is InChI=1S/C12H16N2O5S/c1-8-3-4-10(7-11(8)13-9(2)15)14-20(18,19)6-5-12(16)17/h3-4,7,14H,5-6H2,1-2H3,(H,13,15)(H,16,17). The highest BCUT2D eigenvalue weighted by Gasteiger charge is 2.13. The Labute approximate surface area is 117 Å². The summed E-state index contributed by atoms with van der Waals surface area (Å²) in [7, 11) is -3.73. The summed E-state index contributed by atoms with van der Waals surface area (Å²) in [6.45, 7) is 3.12. The molecular weight excluding hydrogens is 284 g/mol. The lowest BCUT2D eigenvalue weighted by Crippen LogP contribution is -2.19. The number of aliphatic carboxylic acids is 1. The van der Waals surface area contributed by atoms with E-state index in [0.29, 0.717) is 5.69 Å². The summed E-state index contributed by atoms with van der Waals surface area (Å²) in [5, 5.41) is 11.1. The van der Waals surface area contributed by atoms with E-state index in [2.05, 4.69) is 10.0 Å². The molecule has 0 unspecified atom stereocenters. The highest BCUT2D eigenvalue weighted by Crippen LogP contribution is 2.21. The molecule has 1 aromatic rings. The maximum Gasteiger partial charge on any atom is 0.304 e. The van der Waals surface area contributed by atoms with E-state index >= 15 is 0 Å². The van der Waals surface area contributed by atoms with Gasteiger partial charge in [0.05, 0.1) is 17.9 Å². The number of rotatable bonds is 6. The van der Waals surface area contributed by atoms with Crippen molar-refractivity contribution < 1.29 is 23.1 Å². The molecule has 1 aromatic carbocycles. The zero-order valence-corrected chi connectivity index (χ0v) is 12.0. The number of hydrogen-bond donors (Lipinski definition) is 3. The Bertz CT molecular complexity index is 625. The van der Waals surface area contributed by atoms with Gasteiger partial charge in [-0.05, 0) is 24.6 Å². The Hall–Kier alpha value is -2.09. The van der Waals surface area contributed by atoms with Crippen LogP contribution >= 0.6 is 0 Å². The van der Waals surface area contributed by atoms with Crippen LogP contribution in [0.25, 0.3) is 0 Å². The predicted octanol–water partition coefficient (Wildman–Crippen LogP) is 1.17. The summed E-state index contributed by atoms with van der Waals surface area (Å²) in [4.78, 5) is 21.4. The van der Waals surface area contributed by atoms with Crippen LogP contribution in [0.2, 0.25) is 0 Å². The quantitative estimate of drug-likeness (QED) is 0.730. The molecule has 20 heavy (non-hydrogen) atoms. The molecular formula is C12H16N2O5S. The maximum atomic E-state index is 11.7. The first-order chi connectivity index (χ1) is 9.19. The summed E-state index contributed by atoms with van der Waals surface area (Å²) in [5.41, 5.74) is 1.55. The van der Waals surface area contributed by atoms with E-state index in [9.17, 15) is 18.0 Å². The smallest absolute Gasteiger partial charge is 0.304 e. The minimum absolute atomic E-state index is 0.265. The summed E-state index contributed by atoms with van der Waals surface area (Å²) in [6, 6.07) is 4.67. The lowest BCUT2D eigenvalue weighted by Gasteiger charge is -2.11. The van der Waals surface area contributed by atoms with Gasteiger partial charge in [-0.15, -0.1) is 0 Å². The Morgan fingerprint density at radius 1 is 1.30 bits per heavy atom. The first kappa shape index (κ1) is 16.0. The van der Waals surface area contributed by atoms with Crippen molar-refractivity contribution in [2.75, 3.05) is 15.8 Å². The minimum Gasteiger partial charge on any atom is -0.481 e. The highest BCUT2D eigenvalue weighted by molar-refractivity contribution is 7.92. The number of sulfonamides is 1. The third-order valence-electron chi connectivity index (χ3n) is 2.41. The van der Waals surface area contributed by atoms with Crippen LogP contribution in [0.4, 0.5) is 11.4 Å². The molecule has 8 heteroatoms. The van der Waals surface area contributed by atoms with Crippen LogP contribution in [0.15, 0.2) is 18.2 Å². The summed E-state index contributed by atoms with van der Waals surface area (Å²) in [6.07, 6.45) is -0.472. The highest BCUT2D eigenvalue weighted by atomic mass is 32.2. The third kappa shape index (κ3) is 5.27. The normalized spacial score (nSPS) is 10.9. The molecule has 1 rings (SSSR count). The number of nitrogens with one attached hydrogen (secondary N) is 2. The van der Waals surface area contributed by atoms with Crippen LogP contribution in [0.5, 0.6) is 0 Å². The number of anilines is 2. The fourth-order valence-corrected chi connectivity index (χ4v) is 2.49. The lowest BCUT2D eigenvalue weighted by atomic mass is 10.2. The van der Waals surface area contributed by atoms with Gasteiger partial charge >= 0.3 is 5.97 Å². The SMILES string of the molecule is CC(=O)Nc1cc(NS(=O)(=O)CCC(=O)O)ccc1C. The van der Waals surface area contributed by atoms with Gasteiger partial charge < -0.3 is 10.4 Å². The van der Waals surface area contributed by atoms with Gasteiger partial charge in [0.25, 0.3) is 0 Å².